The van der Waals surface area contributed by atoms with E-state index in [2.05, 4.69) is 10.5 Å². The molecule has 2 rings (SSSR count). The molecule has 1 N–H and O–H groups in total. The third-order valence-electron chi connectivity index (χ3n) is 3.10. The largest absolute Gasteiger partial charge is 0.484 e. The van der Waals surface area contributed by atoms with Crippen LogP contribution in [0.5, 0.6) is 5.75 Å². The molecule has 0 spiro atoms. The summed E-state index contributed by atoms with van der Waals surface area (Å²) in [5.41, 5.74) is 3.54. The van der Waals surface area contributed by atoms with Crippen molar-refractivity contribution >= 4 is 17.8 Å². The molecule has 1 amide bonds. The number of ether oxygens (including phenoxy) is 1. The molecule has 2 aromatic rings. The lowest BCUT2D eigenvalue weighted by atomic mass is 10.1. The second-order valence-electron chi connectivity index (χ2n) is 4.91. The highest BCUT2D eigenvalue weighted by Crippen LogP contribution is 2.16. The first-order chi connectivity index (χ1) is 11.6. The first kappa shape index (κ1) is 17.1. The van der Waals surface area contributed by atoms with Gasteiger partial charge >= 0.3 is 0 Å². The summed E-state index contributed by atoms with van der Waals surface area (Å²) in [4.78, 5) is 21.6. The number of nitro groups is 1. The lowest BCUT2D eigenvalue weighted by Gasteiger charge is -2.04. The number of rotatable bonds is 8. The van der Waals surface area contributed by atoms with Gasteiger partial charge in [-0.05, 0) is 30.5 Å². The molecular formula is C17H17N3O4. The van der Waals surface area contributed by atoms with Crippen molar-refractivity contribution in [3.63, 3.8) is 0 Å². The number of nitrogens with zero attached hydrogens (tertiary/aromatic N) is 2. The van der Waals surface area contributed by atoms with Crippen LogP contribution in [0.25, 0.3) is 0 Å². The van der Waals surface area contributed by atoms with E-state index in [4.69, 9.17) is 4.74 Å². The highest BCUT2D eigenvalue weighted by Gasteiger charge is 2.05. The predicted octanol–water partition coefficient (Wildman–Crippen LogP) is 2.71. The molecule has 0 radical (unpaired) electrons. The standard InChI is InChI=1S/C17H17N3O4/c21-17(13-24-16-10-8-15(9-11-16)20(22)23)19-18-12-4-7-14-5-2-1-3-6-14/h1-3,5-6,8-12H,4,7,13H2,(H,19,21). The number of amides is 1. The van der Waals surface area contributed by atoms with Crippen LogP contribution < -0.4 is 10.2 Å². The molecule has 0 aliphatic carbocycles. The van der Waals surface area contributed by atoms with Crippen molar-refractivity contribution in [3.8, 4) is 5.75 Å². The van der Waals surface area contributed by atoms with Crippen LogP contribution >= 0.6 is 0 Å². The van der Waals surface area contributed by atoms with Crippen LogP contribution in [0, 0.1) is 10.1 Å². The van der Waals surface area contributed by atoms with Gasteiger partial charge in [-0.1, -0.05) is 30.3 Å². The zero-order valence-electron chi connectivity index (χ0n) is 12.9. The smallest absolute Gasteiger partial charge is 0.277 e. The van der Waals surface area contributed by atoms with Crippen molar-refractivity contribution in [2.75, 3.05) is 6.61 Å². The van der Waals surface area contributed by atoms with Crippen LogP contribution in [0.2, 0.25) is 0 Å². The Bertz CT molecular complexity index is 700. The van der Waals surface area contributed by atoms with Crippen LogP contribution in [-0.4, -0.2) is 23.7 Å². The number of aryl methyl sites for hydroxylation is 1. The number of carbonyl (C=O) groups excluding carboxylic acids is 1. The van der Waals surface area contributed by atoms with Crippen LogP contribution in [0.15, 0.2) is 59.7 Å². The summed E-state index contributed by atoms with van der Waals surface area (Å²) in [6.07, 6.45) is 3.20. The Labute approximate surface area is 139 Å². The minimum atomic E-state index is -0.499. The lowest BCUT2D eigenvalue weighted by molar-refractivity contribution is -0.384. The van der Waals surface area contributed by atoms with Crippen molar-refractivity contribution in [3.05, 3.63) is 70.3 Å². The van der Waals surface area contributed by atoms with Gasteiger partial charge in [-0.2, -0.15) is 5.10 Å². The minimum absolute atomic E-state index is 0.0326. The molecule has 0 aliphatic rings. The van der Waals surface area contributed by atoms with Gasteiger partial charge in [0.1, 0.15) is 5.75 Å². The van der Waals surface area contributed by atoms with E-state index in [9.17, 15) is 14.9 Å². The molecule has 0 atom stereocenters. The molecular weight excluding hydrogens is 310 g/mol. The molecule has 0 fully saturated rings. The maximum absolute atomic E-state index is 11.6. The van der Waals surface area contributed by atoms with Crippen molar-refractivity contribution < 1.29 is 14.5 Å². The second kappa shape index (κ2) is 9.04. The minimum Gasteiger partial charge on any atom is -0.484 e. The summed E-state index contributed by atoms with van der Waals surface area (Å²) in [6.45, 7) is -0.214. The van der Waals surface area contributed by atoms with E-state index in [1.54, 1.807) is 6.21 Å². The maximum atomic E-state index is 11.6. The van der Waals surface area contributed by atoms with Crippen LogP contribution in [0.3, 0.4) is 0 Å². The molecule has 24 heavy (non-hydrogen) atoms. The van der Waals surface area contributed by atoms with Gasteiger partial charge in [0.2, 0.25) is 0 Å². The first-order valence-corrected chi connectivity index (χ1v) is 7.36. The Morgan fingerprint density at radius 1 is 1.17 bits per heavy atom. The van der Waals surface area contributed by atoms with E-state index < -0.39 is 10.8 Å². The van der Waals surface area contributed by atoms with E-state index in [0.29, 0.717) is 12.2 Å². The van der Waals surface area contributed by atoms with Crippen molar-refractivity contribution in [1.29, 1.82) is 0 Å². The Hall–Kier alpha value is -3.22. The van der Waals surface area contributed by atoms with Gasteiger partial charge in [-0.15, -0.1) is 0 Å². The lowest BCUT2D eigenvalue weighted by Crippen LogP contribution is -2.24. The highest BCUT2D eigenvalue weighted by molar-refractivity contribution is 5.78. The summed E-state index contributed by atoms with van der Waals surface area (Å²) in [5.74, 6) is -0.0203. The van der Waals surface area contributed by atoms with E-state index in [-0.39, 0.29) is 12.3 Å². The maximum Gasteiger partial charge on any atom is 0.277 e. The van der Waals surface area contributed by atoms with Gasteiger partial charge < -0.3 is 4.74 Å². The van der Waals surface area contributed by atoms with E-state index in [0.717, 1.165) is 6.42 Å². The number of nitrogens with one attached hydrogen (secondary N) is 1. The fourth-order valence-electron chi connectivity index (χ4n) is 1.90. The van der Waals surface area contributed by atoms with Crippen LogP contribution in [0.1, 0.15) is 12.0 Å². The highest BCUT2D eigenvalue weighted by atomic mass is 16.6. The normalized spacial score (nSPS) is 10.5. The van der Waals surface area contributed by atoms with Gasteiger partial charge in [0.15, 0.2) is 6.61 Å². The molecule has 0 saturated heterocycles. The average molecular weight is 327 g/mol. The SMILES string of the molecule is O=C(COc1ccc([N+](=O)[O-])cc1)NN=CCCc1ccccc1. The van der Waals surface area contributed by atoms with E-state index in [1.165, 1.54) is 29.8 Å². The zero-order chi connectivity index (χ0) is 17.2. The van der Waals surface area contributed by atoms with Gasteiger partial charge in [-0.25, -0.2) is 5.43 Å². The Kier molecular flexibility index (Phi) is 6.46. The molecule has 0 saturated carbocycles. The summed E-state index contributed by atoms with van der Waals surface area (Å²) in [5, 5.41) is 14.4. The molecule has 0 bridgehead atoms. The molecule has 0 heterocycles. The number of carbonyl (C=O) groups is 1. The number of benzene rings is 2. The number of non-ortho nitro benzene ring substituents is 1. The predicted molar refractivity (Wildman–Crippen MR) is 90.0 cm³/mol. The third kappa shape index (κ3) is 5.88. The average Bonchev–Trinajstić information content (AvgIpc) is 2.61. The van der Waals surface area contributed by atoms with E-state index >= 15 is 0 Å². The fourth-order valence-corrected chi connectivity index (χ4v) is 1.90. The first-order valence-electron chi connectivity index (χ1n) is 7.36. The number of hydrogen-bond acceptors (Lipinski definition) is 5. The Morgan fingerprint density at radius 3 is 2.54 bits per heavy atom. The quantitative estimate of drug-likeness (QED) is 0.458. The topological polar surface area (TPSA) is 93.8 Å². The molecule has 7 nitrogen and oxygen atoms in total. The zero-order valence-corrected chi connectivity index (χ0v) is 12.9. The summed E-state index contributed by atoms with van der Waals surface area (Å²) in [7, 11) is 0. The van der Waals surface area contributed by atoms with Gasteiger partial charge in [0.05, 0.1) is 4.92 Å². The molecule has 0 aliphatic heterocycles. The molecule has 2 aromatic carbocycles. The van der Waals surface area contributed by atoms with Gasteiger partial charge in [-0.3, -0.25) is 14.9 Å². The molecule has 124 valence electrons. The number of hydrazone groups is 1. The van der Waals surface area contributed by atoms with Crippen LogP contribution in [0.4, 0.5) is 5.69 Å². The third-order valence-corrected chi connectivity index (χ3v) is 3.10. The van der Waals surface area contributed by atoms with Crippen molar-refractivity contribution in [1.82, 2.24) is 5.43 Å². The molecule has 0 unspecified atom stereocenters. The fraction of sp³-hybridized carbons (Fsp3) is 0.176. The van der Waals surface area contributed by atoms with Crippen molar-refractivity contribution in [2.45, 2.75) is 12.8 Å². The molecule has 7 heteroatoms. The summed E-state index contributed by atoms with van der Waals surface area (Å²) in [6, 6.07) is 15.5. The summed E-state index contributed by atoms with van der Waals surface area (Å²) < 4.78 is 5.22. The molecule has 0 aromatic heterocycles. The Morgan fingerprint density at radius 2 is 1.88 bits per heavy atom. The number of hydrogen-bond donors (Lipinski definition) is 1. The summed E-state index contributed by atoms with van der Waals surface area (Å²) >= 11 is 0. The number of nitro benzene ring substituents is 1. The second-order valence-corrected chi connectivity index (χ2v) is 4.91. The van der Waals surface area contributed by atoms with E-state index in [1.807, 2.05) is 30.3 Å². The van der Waals surface area contributed by atoms with Gasteiger partial charge in [0, 0.05) is 18.3 Å². The monoisotopic (exact) mass is 327 g/mol. The van der Waals surface area contributed by atoms with Crippen molar-refractivity contribution in [2.24, 2.45) is 5.10 Å². The van der Waals surface area contributed by atoms with Crippen LogP contribution in [-0.2, 0) is 11.2 Å². The van der Waals surface area contributed by atoms with Gasteiger partial charge in [0.25, 0.3) is 11.6 Å². The Balaban J connectivity index is 1.66.